The minimum absolute atomic E-state index is 0.00190. The Hall–Kier alpha value is -1.67. The molecule has 1 aromatic rings. The predicted molar refractivity (Wildman–Crippen MR) is 50.1 cm³/mol. The molecule has 0 amide bonds. The van der Waals surface area contributed by atoms with Crippen LogP contribution in [0.5, 0.6) is 0 Å². The van der Waals surface area contributed by atoms with Crippen molar-refractivity contribution in [2.24, 2.45) is 0 Å². The third-order valence-corrected chi connectivity index (χ3v) is 1.40. The van der Waals surface area contributed by atoms with E-state index in [1.54, 1.807) is 0 Å². The van der Waals surface area contributed by atoms with Crippen LogP contribution in [0.4, 0.5) is 17.8 Å². The summed E-state index contributed by atoms with van der Waals surface area (Å²) in [6, 6.07) is 0. The molecule has 78 valence electrons. The van der Waals surface area contributed by atoms with Gasteiger partial charge >= 0.3 is 0 Å². The second-order valence-electron chi connectivity index (χ2n) is 2.45. The minimum Gasteiger partial charge on any atom is -0.376 e. The van der Waals surface area contributed by atoms with E-state index in [9.17, 15) is 0 Å². The average molecular weight is 200 g/mol. The molecule has 8 nitrogen and oxygen atoms in total. The van der Waals surface area contributed by atoms with Crippen molar-refractivity contribution in [1.29, 1.82) is 0 Å². The molecule has 0 aliphatic heterocycles. The van der Waals surface area contributed by atoms with Crippen LogP contribution in [0.1, 0.15) is 0 Å². The van der Waals surface area contributed by atoms with Gasteiger partial charge in [-0.15, -0.1) is 0 Å². The average Bonchev–Trinajstić information content (AvgIpc) is 2.12. The van der Waals surface area contributed by atoms with Gasteiger partial charge in [0.15, 0.2) is 0 Å². The highest BCUT2D eigenvalue weighted by Gasteiger charge is 2.09. The van der Waals surface area contributed by atoms with Crippen LogP contribution >= 0.6 is 0 Å². The molecule has 5 N–H and O–H groups in total. The lowest BCUT2D eigenvalue weighted by Crippen LogP contribution is -2.29. The number of rotatable bonds is 4. The summed E-state index contributed by atoms with van der Waals surface area (Å²) < 4.78 is 4.81. The Morgan fingerprint density at radius 3 is 2.29 bits per heavy atom. The van der Waals surface area contributed by atoms with E-state index in [1.807, 2.05) is 0 Å². The third kappa shape index (κ3) is 2.41. The van der Waals surface area contributed by atoms with E-state index in [1.165, 1.54) is 12.0 Å². The second-order valence-corrected chi connectivity index (χ2v) is 2.45. The first-order chi connectivity index (χ1) is 6.67. The zero-order valence-corrected chi connectivity index (χ0v) is 7.71. The maximum atomic E-state index is 8.96. The largest absolute Gasteiger partial charge is 0.376 e. The number of nitrogen functional groups attached to an aromatic ring is 2. The van der Waals surface area contributed by atoms with E-state index >= 15 is 0 Å². The van der Waals surface area contributed by atoms with Crippen LogP contribution in [-0.2, 0) is 4.74 Å². The van der Waals surface area contributed by atoms with E-state index in [0.29, 0.717) is 0 Å². The number of aliphatic hydroxyl groups is 1. The first-order valence-corrected chi connectivity index (χ1v) is 3.79. The van der Waals surface area contributed by atoms with Gasteiger partial charge in [0.1, 0.15) is 13.5 Å². The molecular formula is C6H12N6O2. The number of anilines is 3. The van der Waals surface area contributed by atoms with Gasteiger partial charge in [0.25, 0.3) is 0 Å². The van der Waals surface area contributed by atoms with Gasteiger partial charge in [0.05, 0.1) is 0 Å². The van der Waals surface area contributed by atoms with Crippen LogP contribution in [0.3, 0.4) is 0 Å². The van der Waals surface area contributed by atoms with E-state index in [0.717, 1.165) is 0 Å². The Kier molecular flexibility index (Phi) is 3.37. The molecule has 0 radical (unpaired) electrons. The number of nitrogens with two attached hydrogens (primary N) is 2. The summed E-state index contributed by atoms with van der Waals surface area (Å²) >= 11 is 0. The third-order valence-electron chi connectivity index (χ3n) is 1.40. The van der Waals surface area contributed by atoms with Gasteiger partial charge < -0.3 is 21.3 Å². The summed E-state index contributed by atoms with van der Waals surface area (Å²) in [6.07, 6.45) is 0. The lowest BCUT2D eigenvalue weighted by Gasteiger charge is -2.18. The molecule has 14 heavy (non-hydrogen) atoms. The van der Waals surface area contributed by atoms with E-state index in [4.69, 9.17) is 21.3 Å². The second kappa shape index (κ2) is 4.53. The van der Waals surface area contributed by atoms with Crippen LogP contribution in [-0.4, -0.2) is 40.6 Å². The summed E-state index contributed by atoms with van der Waals surface area (Å²) in [5.41, 5.74) is 10.7. The predicted octanol–water partition coefficient (Wildman–Crippen LogP) is -1.60. The Morgan fingerprint density at radius 1 is 1.29 bits per heavy atom. The Bertz CT molecular complexity index is 286. The van der Waals surface area contributed by atoms with Gasteiger partial charge in [-0.1, -0.05) is 0 Å². The van der Waals surface area contributed by atoms with Crippen molar-refractivity contribution in [2.45, 2.75) is 0 Å². The molecule has 0 aromatic carbocycles. The molecule has 1 rings (SSSR count). The fraction of sp³-hybridized carbons (Fsp3) is 0.500. The van der Waals surface area contributed by atoms with Crippen molar-refractivity contribution in [3.63, 3.8) is 0 Å². The molecule has 0 saturated heterocycles. The Labute approximate surface area is 80.5 Å². The number of methoxy groups -OCH3 is 1. The van der Waals surface area contributed by atoms with Crippen molar-refractivity contribution < 1.29 is 9.84 Å². The van der Waals surface area contributed by atoms with E-state index < -0.39 is 0 Å². The van der Waals surface area contributed by atoms with Crippen LogP contribution in [0, 0.1) is 0 Å². The molecular weight excluding hydrogens is 188 g/mol. The van der Waals surface area contributed by atoms with Crippen LogP contribution in [0.15, 0.2) is 0 Å². The minimum atomic E-state index is -0.295. The van der Waals surface area contributed by atoms with Crippen molar-refractivity contribution in [3.8, 4) is 0 Å². The molecule has 1 aromatic heterocycles. The quantitative estimate of drug-likeness (QED) is 0.496. The normalized spacial score (nSPS) is 10.1. The lowest BCUT2D eigenvalue weighted by atomic mass is 10.7. The van der Waals surface area contributed by atoms with Gasteiger partial charge in [0.2, 0.25) is 17.8 Å². The maximum Gasteiger partial charge on any atom is 0.235 e. The number of hydrogen-bond donors (Lipinski definition) is 3. The van der Waals surface area contributed by atoms with Crippen LogP contribution < -0.4 is 16.4 Å². The highest BCUT2D eigenvalue weighted by Crippen LogP contribution is 2.08. The summed E-state index contributed by atoms with van der Waals surface area (Å²) in [4.78, 5) is 12.5. The molecule has 0 spiro atoms. The van der Waals surface area contributed by atoms with Gasteiger partial charge in [-0.2, -0.15) is 15.0 Å². The topological polar surface area (TPSA) is 123 Å². The van der Waals surface area contributed by atoms with Crippen molar-refractivity contribution in [1.82, 2.24) is 15.0 Å². The lowest BCUT2D eigenvalue weighted by molar-refractivity contribution is 0.166. The van der Waals surface area contributed by atoms with Crippen molar-refractivity contribution in [3.05, 3.63) is 0 Å². The molecule has 0 aliphatic carbocycles. The number of ether oxygens (including phenoxy) is 1. The Balaban J connectivity index is 2.91. The summed E-state index contributed by atoms with van der Waals surface area (Å²) in [5.74, 6) is 0.184. The zero-order chi connectivity index (χ0) is 10.6. The molecule has 0 aliphatic rings. The molecule has 8 heteroatoms. The summed E-state index contributed by atoms with van der Waals surface area (Å²) in [6.45, 7) is -0.157. The smallest absolute Gasteiger partial charge is 0.235 e. The molecule has 0 bridgehead atoms. The van der Waals surface area contributed by atoms with E-state index in [2.05, 4.69) is 15.0 Å². The first kappa shape index (κ1) is 10.4. The molecule has 0 atom stereocenters. The van der Waals surface area contributed by atoms with Gasteiger partial charge in [-0.3, -0.25) is 4.90 Å². The summed E-state index contributed by atoms with van der Waals surface area (Å²) in [5, 5.41) is 8.96. The SMILES string of the molecule is COCN(CO)c1nc(N)nc(N)n1. The summed E-state index contributed by atoms with van der Waals surface area (Å²) in [7, 11) is 1.48. The molecule has 0 unspecified atom stereocenters. The number of aliphatic hydroxyl groups excluding tert-OH is 1. The molecule has 0 saturated carbocycles. The van der Waals surface area contributed by atoms with Gasteiger partial charge in [-0.25, -0.2) is 0 Å². The number of hydrogen-bond acceptors (Lipinski definition) is 8. The van der Waals surface area contributed by atoms with Gasteiger partial charge in [0, 0.05) is 7.11 Å². The molecule has 0 fully saturated rings. The fourth-order valence-electron chi connectivity index (χ4n) is 0.856. The fourth-order valence-corrected chi connectivity index (χ4v) is 0.856. The number of aromatic nitrogens is 3. The highest BCUT2D eigenvalue weighted by atomic mass is 16.5. The van der Waals surface area contributed by atoms with E-state index in [-0.39, 0.29) is 31.3 Å². The zero-order valence-electron chi connectivity index (χ0n) is 7.71. The van der Waals surface area contributed by atoms with Crippen molar-refractivity contribution >= 4 is 17.8 Å². The number of nitrogens with zero attached hydrogens (tertiary/aromatic N) is 4. The first-order valence-electron chi connectivity index (χ1n) is 3.79. The molecule has 1 heterocycles. The Morgan fingerprint density at radius 2 is 1.86 bits per heavy atom. The standard InChI is InChI=1S/C6H12N6O2/c1-14-3-12(2-13)6-10-4(7)9-5(8)11-6/h13H,2-3H2,1H3,(H4,7,8,9,10,11). The van der Waals surface area contributed by atoms with Crippen LogP contribution in [0.25, 0.3) is 0 Å². The van der Waals surface area contributed by atoms with Gasteiger partial charge in [-0.05, 0) is 0 Å². The highest BCUT2D eigenvalue weighted by molar-refractivity contribution is 5.38. The monoisotopic (exact) mass is 200 g/mol. The maximum absolute atomic E-state index is 8.96. The van der Waals surface area contributed by atoms with Crippen LogP contribution in [0.2, 0.25) is 0 Å². The van der Waals surface area contributed by atoms with Crippen molar-refractivity contribution in [2.75, 3.05) is 36.9 Å².